The van der Waals surface area contributed by atoms with Gasteiger partial charge in [-0.2, -0.15) is 0 Å². The number of amides is 1. The highest BCUT2D eigenvalue weighted by molar-refractivity contribution is 5.79. The molecule has 5 nitrogen and oxygen atoms in total. The summed E-state index contributed by atoms with van der Waals surface area (Å²) in [7, 11) is 0. The normalized spacial score (nSPS) is 24.9. The third-order valence-corrected chi connectivity index (χ3v) is 6.94. The van der Waals surface area contributed by atoms with E-state index in [0.29, 0.717) is 0 Å². The highest BCUT2D eigenvalue weighted by Gasteiger charge is 2.31. The maximum atomic E-state index is 12.6. The first-order valence-corrected chi connectivity index (χ1v) is 11.6. The Morgan fingerprint density at radius 1 is 1.17 bits per heavy atom. The smallest absolute Gasteiger partial charge is 0.278 e. The molecule has 4 rings (SSSR count). The molecule has 0 bridgehead atoms. The molecule has 2 heterocycles. The van der Waals surface area contributed by atoms with Gasteiger partial charge in [-0.05, 0) is 62.8 Å². The van der Waals surface area contributed by atoms with Crippen LogP contribution in [0.1, 0.15) is 50.2 Å². The molecular formula is C24H37N3O2+2. The van der Waals surface area contributed by atoms with Crippen molar-refractivity contribution >= 4 is 5.91 Å². The van der Waals surface area contributed by atoms with Gasteiger partial charge in [-0.1, -0.05) is 11.6 Å². The van der Waals surface area contributed by atoms with Crippen molar-refractivity contribution in [3.63, 3.8) is 0 Å². The van der Waals surface area contributed by atoms with E-state index in [1.807, 2.05) is 0 Å². The number of carbonyl (C=O) groups is 1. The second kappa shape index (κ2) is 9.77. The molecule has 3 aliphatic rings. The average Bonchev–Trinajstić information content (AvgIpc) is 3.22. The first-order chi connectivity index (χ1) is 14.2. The van der Waals surface area contributed by atoms with E-state index in [0.717, 1.165) is 64.5 Å². The molecule has 29 heavy (non-hydrogen) atoms. The van der Waals surface area contributed by atoms with Crippen molar-refractivity contribution in [3.05, 3.63) is 41.0 Å². The summed E-state index contributed by atoms with van der Waals surface area (Å²) in [4.78, 5) is 15.7. The minimum Gasteiger partial charge on any atom is -0.493 e. The third kappa shape index (κ3) is 5.40. The number of quaternary nitrogens is 2. The van der Waals surface area contributed by atoms with Gasteiger partial charge in [0.05, 0.1) is 6.61 Å². The third-order valence-electron chi connectivity index (χ3n) is 6.94. The fraction of sp³-hybridized carbons (Fsp3) is 0.625. The van der Waals surface area contributed by atoms with E-state index in [2.05, 4.69) is 36.5 Å². The predicted octanol–water partition coefficient (Wildman–Crippen LogP) is 0.300. The highest BCUT2D eigenvalue weighted by atomic mass is 16.5. The maximum Gasteiger partial charge on any atom is 0.278 e. The number of ether oxygens (including phenoxy) is 1. The van der Waals surface area contributed by atoms with Crippen LogP contribution < -0.4 is 19.9 Å². The first-order valence-electron chi connectivity index (χ1n) is 11.6. The molecule has 0 unspecified atom stereocenters. The number of fused-ring (bicyclic) bond motifs is 1. The number of nitrogens with one attached hydrogen (secondary N) is 3. The zero-order valence-corrected chi connectivity index (χ0v) is 17.9. The number of piperazine rings is 1. The standard InChI is InChI=1S/C24H35N3O2/c1-19(24(28)25-11-9-20-5-3-2-4-6-20)27-14-12-26(13-15-27)18-21-7-8-23-22(17-21)10-16-29-23/h5,7-8,17,19H,2-4,6,9-16,18H2,1H3,(H,25,28)/p+2/t19-/m1/s1. The fourth-order valence-electron chi connectivity index (χ4n) is 4.99. The summed E-state index contributed by atoms with van der Waals surface area (Å²) in [6, 6.07) is 6.73. The number of allylic oxidation sites excluding steroid dienone is 1. The molecule has 1 saturated heterocycles. The monoisotopic (exact) mass is 399 g/mol. The summed E-state index contributed by atoms with van der Waals surface area (Å²) >= 11 is 0. The van der Waals surface area contributed by atoms with Gasteiger partial charge in [0.15, 0.2) is 6.04 Å². The van der Waals surface area contributed by atoms with Crippen LogP contribution in [0.2, 0.25) is 0 Å². The Labute approximate surface area is 175 Å². The Morgan fingerprint density at radius 2 is 2.03 bits per heavy atom. The molecule has 158 valence electrons. The fourth-order valence-corrected chi connectivity index (χ4v) is 4.99. The SMILES string of the molecule is C[C@H](C(=O)NCCC1=CCCCC1)[NH+]1CC[NH+](Cc2ccc3c(c2)CCO3)CC1. The molecular weight excluding hydrogens is 362 g/mol. The van der Waals surface area contributed by atoms with Crippen LogP contribution in [-0.4, -0.2) is 51.3 Å². The summed E-state index contributed by atoms with van der Waals surface area (Å²) in [5, 5.41) is 3.18. The number of carbonyl (C=O) groups excluding carboxylic acids is 1. The van der Waals surface area contributed by atoms with Crippen molar-refractivity contribution in [2.24, 2.45) is 0 Å². The van der Waals surface area contributed by atoms with E-state index in [-0.39, 0.29) is 11.9 Å². The molecule has 0 radical (unpaired) electrons. The lowest BCUT2D eigenvalue weighted by Crippen LogP contribution is -3.29. The van der Waals surface area contributed by atoms with Gasteiger partial charge in [0, 0.05) is 18.5 Å². The van der Waals surface area contributed by atoms with Crippen molar-refractivity contribution in [1.82, 2.24) is 5.32 Å². The van der Waals surface area contributed by atoms with Gasteiger partial charge in [0.2, 0.25) is 0 Å². The maximum absolute atomic E-state index is 12.6. The Hall–Kier alpha value is -1.85. The molecule has 3 N–H and O–H groups in total. The topological polar surface area (TPSA) is 47.2 Å². The first kappa shape index (κ1) is 20.4. The van der Waals surface area contributed by atoms with Gasteiger partial charge in [-0.25, -0.2) is 0 Å². The van der Waals surface area contributed by atoms with Gasteiger partial charge in [0.1, 0.15) is 38.5 Å². The van der Waals surface area contributed by atoms with Crippen LogP contribution in [0.15, 0.2) is 29.8 Å². The summed E-state index contributed by atoms with van der Waals surface area (Å²) < 4.78 is 5.62. The number of hydrogen-bond acceptors (Lipinski definition) is 2. The average molecular weight is 400 g/mol. The van der Waals surface area contributed by atoms with Crippen LogP contribution in [0.25, 0.3) is 0 Å². The predicted molar refractivity (Wildman–Crippen MR) is 114 cm³/mol. The molecule has 1 atom stereocenters. The van der Waals surface area contributed by atoms with E-state index >= 15 is 0 Å². The Morgan fingerprint density at radius 3 is 2.83 bits per heavy atom. The lowest BCUT2D eigenvalue weighted by Gasteiger charge is -2.32. The Bertz CT molecular complexity index is 738. The molecule has 1 aromatic carbocycles. The number of benzene rings is 1. The molecule has 2 aliphatic heterocycles. The Kier molecular flexibility index (Phi) is 6.88. The van der Waals surface area contributed by atoms with E-state index in [9.17, 15) is 4.79 Å². The summed E-state index contributed by atoms with van der Waals surface area (Å²) in [5.74, 6) is 1.29. The second-order valence-corrected chi connectivity index (χ2v) is 9.00. The zero-order valence-electron chi connectivity index (χ0n) is 17.9. The van der Waals surface area contributed by atoms with Crippen molar-refractivity contribution in [2.75, 3.05) is 39.3 Å². The minimum atomic E-state index is 0.0500. The van der Waals surface area contributed by atoms with Crippen molar-refractivity contribution in [3.8, 4) is 5.75 Å². The largest absolute Gasteiger partial charge is 0.493 e. The van der Waals surface area contributed by atoms with E-state index < -0.39 is 0 Å². The lowest BCUT2D eigenvalue weighted by molar-refractivity contribution is -1.02. The van der Waals surface area contributed by atoms with E-state index in [1.54, 1.807) is 4.90 Å². The van der Waals surface area contributed by atoms with Crippen LogP contribution in [0.5, 0.6) is 5.75 Å². The summed E-state index contributed by atoms with van der Waals surface area (Å²) in [5.41, 5.74) is 4.31. The molecule has 1 fully saturated rings. The zero-order chi connectivity index (χ0) is 20.1. The van der Waals surface area contributed by atoms with Crippen LogP contribution in [0.4, 0.5) is 0 Å². The van der Waals surface area contributed by atoms with Crippen molar-refractivity contribution < 1.29 is 19.3 Å². The van der Waals surface area contributed by atoms with E-state index in [1.165, 1.54) is 47.3 Å². The quantitative estimate of drug-likeness (QED) is 0.578. The second-order valence-electron chi connectivity index (χ2n) is 9.00. The van der Waals surface area contributed by atoms with Gasteiger partial charge >= 0.3 is 0 Å². The van der Waals surface area contributed by atoms with Gasteiger partial charge in [0.25, 0.3) is 5.91 Å². The molecule has 1 aromatic rings. The van der Waals surface area contributed by atoms with Gasteiger partial charge in [-0.15, -0.1) is 0 Å². The van der Waals surface area contributed by atoms with E-state index in [4.69, 9.17) is 4.74 Å². The molecule has 0 saturated carbocycles. The number of hydrogen-bond donors (Lipinski definition) is 3. The lowest BCUT2D eigenvalue weighted by atomic mass is 9.97. The van der Waals surface area contributed by atoms with Crippen LogP contribution in [0.3, 0.4) is 0 Å². The van der Waals surface area contributed by atoms with Crippen LogP contribution >= 0.6 is 0 Å². The van der Waals surface area contributed by atoms with Crippen molar-refractivity contribution in [2.45, 2.75) is 58.0 Å². The van der Waals surface area contributed by atoms with Crippen LogP contribution in [0, 0.1) is 0 Å². The van der Waals surface area contributed by atoms with Crippen molar-refractivity contribution in [1.29, 1.82) is 0 Å². The Balaban J connectivity index is 1.18. The molecule has 5 heteroatoms. The molecule has 1 amide bonds. The van der Waals surface area contributed by atoms with Crippen LogP contribution in [-0.2, 0) is 17.8 Å². The number of rotatable bonds is 7. The molecule has 0 aromatic heterocycles. The molecule has 0 spiro atoms. The summed E-state index contributed by atoms with van der Waals surface area (Å²) in [6.07, 6.45) is 9.52. The minimum absolute atomic E-state index is 0.0500. The molecule has 1 aliphatic carbocycles. The summed E-state index contributed by atoms with van der Waals surface area (Å²) in [6.45, 7) is 9.20. The van der Waals surface area contributed by atoms with Gasteiger partial charge in [-0.3, -0.25) is 4.79 Å². The highest BCUT2D eigenvalue weighted by Crippen LogP contribution is 2.25. The van der Waals surface area contributed by atoms with Gasteiger partial charge < -0.3 is 19.9 Å².